The van der Waals surface area contributed by atoms with E-state index in [1.54, 1.807) is 24.3 Å². The molecule has 0 atom stereocenters. The fourth-order valence-corrected chi connectivity index (χ4v) is 3.90. The van der Waals surface area contributed by atoms with Crippen LogP contribution in [0.4, 0.5) is 0 Å². The van der Waals surface area contributed by atoms with Crippen molar-refractivity contribution in [2.45, 2.75) is 6.42 Å². The van der Waals surface area contributed by atoms with Crippen molar-refractivity contribution in [3.8, 4) is 0 Å². The number of amides is 2. The van der Waals surface area contributed by atoms with Gasteiger partial charge in [0, 0.05) is 42.3 Å². The molecule has 0 radical (unpaired) electrons. The Morgan fingerprint density at radius 2 is 1.43 bits per heavy atom. The predicted molar refractivity (Wildman–Crippen MR) is 112 cm³/mol. The number of fused-ring (bicyclic) bond motifs is 1. The van der Waals surface area contributed by atoms with Crippen LogP contribution in [-0.2, 0) is 0 Å². The molecule has 0 unspecified atom stereocenters. The molecule has 0 spiro atoms. The predicted octanol–water partition coefficient (Wildman–Crippen LogP) is 4.48. The average molecular weight is 393 g/mol. The van der Waals surface area contributed by atoms with Gasteiger partial charge in [0.1, 0.15) is 0 Å². The van der Waals surface area contributed by atoms with Gasteiger partial charge < -0.3 is 9.80 Å². The molecule has 2 amide bonds. The first-order valence-electron chi connectivity index (χ1n) is 9.45. The molecule has 4 nitrogen and oxygen atoms in total. The Balaban J connectivity index is 1.51. The summed E-state index contributed by atoms with van der Waals surface area (Å²) in [5.41, 5.74) is 1.30. The summed E-state index contributed by atoms with van der Waals surface area (Å²) in [5.74, 6) is -0.0178. The van der Waals surface area contributed by atoms with E-state index in [0.717, 1.165) is 17.2 Å². The molecule has 1 aliphatic rings. The zero-order chi connectivity index (χ0) is 19.5. The van der Waals surface area contributed by atoms with Crippen molar-refractivity contribution in [1.82, 2.24) is 9.80 Å². The Hall–Kier alpha value is -2.85. The Morgan fingerprint density at radius 1 is 0.750 bits per heavy atom. The zero-order valence-electron chi connectivity index (χ0n) is 15.5. The first-order chi connectivity index (χ1) is 13.6. The SMILES string of the molecule is O=C(c1cccc(Cl)c1)N1CCCN(C(=O)c2cccc3ccccc23)CC1. The van der Waals surface area contributed by atoms with E-state index in [2.05, 4.69) is 0 Å². The van der Waals surface area contributed by atoms with E-state index in [0.29, 0.717) is 42.3 Å². The summed E-state index contributed by atoms with van der Waals surface area (Å²) < 4.78 is 0. The summed E-state index contributed by atoms with van der Waals surface area (Å²) in [4.78, 5) is 29.6. The molecule has 0 aromatic heterocycles. The lowest BCUT2D eigenvalue weighted by Gasteiger charge is -2.23. The molecule has 1 aliphatic heterocycles. The maximum absolute atomic E-state index is 13.2. The molecule has 0 aliphatic carbocycles. The molecule has 28 heavy (non-hydrogen) atoms. The van der Waals surface area contributed by atoms with E-state index in [1.165, 1.54) is 0 Å². The van der Waals surface area contributed by atoms with E-state index in [4.69, 9.17) is 11.6 Å². The maximum atomic E-state index is 13.2. The van der Waals surface area contributed by atoms with Gasteiger partial charge in [-0.3, -0.25) is 9.59 Å². The van der Waals surface area contributed by atoms with Crippen molar-refractivity contribution in [3.63, 3.8) is 0 Å². The lowest BCUT2D eigenvalue weighted by molar-refractivity contribution is 0.0719. The Labute approximate surface area is 169 Å². The third kappa shape index (κ3) is 3.73. The minimum absolute atomic E-state index is 0.0221. The van der Waals surface area contributed by atoms with E-state index in [1.807, 2.05) is 52.3 Å². The summed E-state index contributed by atoms with van der Waals surface area (Å²) in [6, 6.07) is 20.7. The van der Waals surface area contributed by atoms with Gasteiger partial charge in [-0.05, 0) is 41.5 Å². The number of halogens is 1. The fourth-order valence-electron chi connectivity index (χ4n) is 3.71. The van der Waals surface area contributed by atoms with Crippen LogP contribution in [0.5, 0.6) is 0 Å². The van der Waals surface area contributed by atoms with Crippen molar-refractivity contribution in [2.75, 3.05) is 26.2 Å². The maximum Gasteiger partial charge on any atom is 0.254 e. The van der Waals surface area contributed by atoms with E-state index >= 15 is 0 Å². The first kappa shape index (κ1) is 18.5. The quantitative estimate of drug-likeness (QED) is 0.645. The van der Waals surface area contributed by atoms with E-state index in [-0.39, 0.29) is 11.8 Å². The van der Waals surface area contributed by atoms with Gasteiger partial charge in [-0.25, -0.2) is 0 Å². The largest absolute Gasteiger partial charge is 0.337 e. The fraction of sp³-hybridized carbons (Fsp3) is 0.217. The zero-order valence-corrected chi connectivity index (χ0v) is 16.2. The van der Waals surface area contributed by atoms with Crippen LogP contribution in [0.2, 0.25) is 5.02 Å². The van der Waals surface area contributed by atoms with Gasteiger partial charge in [-0.15, -0.1) is 0 Å². The van der Waals surface area contributed by atoms with Crippen molar-refractivity contribution in [1.29, 1.82) is 0 Å². The van der Waals surface area contributed by atoms with Crippen LogP contribution in [0, 0.1) is 0 Å². The van der Waals surface area contributed by atoms with Crippen LogP contribution in [-0.4, -0.2) is 47.8 Å². The topological polar surface area (TPSA) is 40.6 Å². The highest BCUT2D eigenvalue weighted by Gasteiger charge is 2.24. The third-order valence-electron chi connectivity index (χ3n) is 5.16. The second kappa shape index (κ2) is 8.03. The van der Waals surface area contributed by atoms with E-state index in [9.17, 15) is 9.59 Å². The molecule has 5 heteroatoms. The summed E-state index contributed by atoms with van der Waals surface area (Å²) >= 11 is 6.02. The highest BCUT2D eigenvalue weighted by molar-refractivity contribution is 6.30. The molecule has 3 aromatic carbocycles. The molecular formula is C23H21ClN2O2. The molecule has 0 N–H and O–H groups in total. The van der Waals surface area contributed by atoms with Gasteiger partial charge in [0.05, 0.1) is 0 Å². The van der Waals surface area contributed by atoms with Crippen LogP contribution >= 0.6 is 11.6 Å². The number of hydrogen-bond donors (Lipinski definition) is 0. The van der Waals surface area contributed by atoms with Crippen LogP contribution in [0.25, 0.3) is 10.8 Å². The van der Waals surface area contributed by atoms with Crippen molar-refractivity contribution < 1.29 is 9.59 Å². The van der Waals surface area contributed by atoms with Crippen molar-refractivity contribution >= 4 is 34.2 Å². The number of carbonyl (C=O) groups excluding carboxylic acids is 2. The average Bonchev–Trinajstić information content (AvgIpc) is 2.98. The molecule has 0 saturated carbocycles. The van der Waals surface area contributed by atoms with Crippen LogP contribution < -0.4 is 0 Å². The third-order valence-corrected chi connectivity index (χ3v) is 5.40. The van der Waals surface area contributed by atoms with E-state index < -0.39 is 0 Å². The molecule has 1 saturated heterocycles. The van der Waals surface area contributed by atoms with Crippen molar-refractivity contribution in [2.24, 2.45) is 0 Å². The molecule has 1 fully saturated rings. The monoisotopic (exact) mass is 392 g/mol. The number of rotatable bonds is 2. The summed E-state index contributed by atoms with van der Waals surface area (Å²) in [6.45, 7) is 2.31. The van der Waals surface area contributed by atoms with Crippen molar-refractivity contribution in [3.05, 3.63) is 82.9 Å². The summed E-state index contributed by atoms with van der Waals surface area (Å²) in [5, 5.41) is 2.57. The van der Waals surface area contributed by atoms with Gasteiger partial charge in [0.15, 0.2) is 0 Å². The van der Waals surface area contributed by atoms with Gasteiger partial charge in [0.25, 0.3) is 11.8 Å². The molecule has 3 aromatic rings. The summed E-state index contributed by atoms with van der Waals surface area (Å²) in [7, 11) is 0. The second-order valence-electron chi connectivity index (χ2n) is 6.98. The second-order valence-corrected chi connectivity index (χ2v) is 7.41. The highest BCUT2D eigenvalue weighted by atomic mass is 35.5. The smallest absolute Gasteiger partial charge is 0.254 e. The highest BCUT2D eigenvalue weighted by Crippen LogP contribution is 2.21. The number of carbonyl (C=O) groups is 2. The number of hydrogen-bond acceptors (Lipinski definition) is 2. The summed E-state index contributed by atoms with van der Waals surface area (Å²) in [6.07, 6.45) is 0.753. The standard InChI is InChI=1S/C23H21ClN2O2/c24-19-9-3-8-18(16-19)22(27)25-12-5-13-26(15-14-25)23(28)21-11-4-7-17-6-1-2-10-20(17)21/h1-4,6-11,16H,5,12-15H2. The minimum atomic E-state index is -0.0399. The Bertz CT molecular complexity index is 1030. The van der Waals surface area contributed by atoms with Gasteiger partial charge >= 0.3 is 0 Å². The lowest BCUT2D eigenvalue weighted by Crippen LogP contribution is -2.37. The molecule has 0 bridgehead atoms. The normalized spacial score (nSPS) is 14.8. The molecular weight excluding hydrogens is 372 g/mol. The Kier molecular flexibility index (Phi) is 5.31. The number of nitrogens with zero attached hydrogens (tertiary/aromatic N) is 2. The van der Waals surface area contributed by atoms with Gasteiger partial charge in [-0.1, -0.05) is 54.1 Å². The van der Waals surface area contributed by atoms with Gasteiger partial charge in [-0.2, -0.15) is 0 Å². The van der Waals surface area contributed by atoms with Crippen LogP contribution in [0.1, 0.15) is 27.1 Å². The molecule has 1 heterocycles. The minimum Gasteiger partial charge on any atom is -0.337 e. The molecule has 4 rings (SSSR count). The Morgan fingerprint density at radius 3 is 2.21 bits per heavy atom. The van der Waals surface area contributed by atoms with Crippen LogP contribution in [0.15, 0.2) is 66.7 Å². The first-order valence-corrected chi connectivity index (χ1v) is 9.83. The van der Waals surface area contributed by atoms with Gasteiger partial charge in [0.2, 0.25) is 0 Å². The van der Waals surface area contributed by atoms with Crippen LogP contribution in [0.3, 0.4) is 0 Å². The molecule has 142 valence electrons. The number of benzene rings is 3. The lowest BCUT2D eigenvalue weighted by atomic mass is 10.0.